The van der Waals surface area contributed by atoms with Crippen LogP contribution < -0.4 is 10.1 Å². The summed E-state index contributed by atoms with van der Waals surface area (Å²) < 4.78 is 34.8. The molecule has 1 N–H and O–H groups in total. The summed E-state index contributed by atoms with van der Waals surface area (Å²) in [7, 11) is 0. The van der Waals surface area contributed by atoms with Crippen molar-refractivity contribution in [2.45, 2.75) is 32.6 Å². The van der Waals surface area contributed by atoms with E-state index in [1.54, 1.807) is 18.2 Å². The molecule has 206 valence electrons. The molecule has 11 heteroatoms. The van der Waals surface area contributed by atoms with Gasteiger partial charge in [0, 0.05) is 17.7 Å². The van der Waals surface area contributed by atoms with Crippen LogP contribution >= 0.6 is 0 Å². The summed E-state index contributed by atoms with van der Waals surface area (Å²) in [6.45, 7) is 1.90. The molecule has 0 unspecified atom stereocenters. The van der Waals surface area contributed by atoms with Crippen LogP contribution in [0, 0.1) is 17.0 Å². The van der Waals surface area contributed by atoms with Crippen LogP contribution in [0.1, 0.15) is 45.6 Å². The van der Waals surface area contributed by atoms with Crippen molar-refractivity contribution in [2.75, 3.05) is 5.32 Å². The molecule has 2 heterocycles. The number of anilines is 1. The molecule has 0 spiro atoms. The van der Waals surface area contributed by atoms with E-state index in [2.05, 4.69) is 15.4 Å². The molecule has 2 aromatic heterocycles. The van der Waals surface area contributed by atoms with Crippen molar-refractivity contribution in [2.24, 2.45) is 0 Å². The second-order valence-electron chi connectivity index (χ2n) is 9.84. The lowest BCUT2D eigenvalue weighted by Crippen LogP contribution is -2.13. The minimum Gasteiger partial charge on any atom is -0.457 e. The maximum Gasteiger partial charge on any atom is 0.280 e. The number of nitrogens with zero attached hydrogens (tertiary/aromatic N) is 4. The maximum atomic E-state index is 14.0. The second kappa shape index (κ2) is 10.4. The van der Waals surface area contributed by atoms with Crippen LogP contribution in [0.2, 0.25) is 0 Å². The van der Waals surface area contributed by atoms with Gasteiger partial charge in [-0.2, -0.15) is 5.10 Å². The second-order valence-corrected chi connectivity index (χ2v) is 9.84. The third kappa shape index (κ3) is 5.21. The Morgan fingerprint density at radius 2 is 1.80 bits per heavy atom. The number of alkyl halides is 2. The molecule has 41 heavy (non-hydrogen) atoms. The zero-order valence-corrected chi connectivity index (χ0v) is 21.8. The number of ether oxygens (including phenoxy) is 1. The van der Waals surface area contributed by atoms with Crippen LogP contribution in [0.15, 0.2) is 72.9 Å². The zero-order chi connectivity index (χ0) is 28.7. The van der Waals surface area contributed by atoms with Crippen molar-refractivity contribution < 1.29 is 23.2 Å². The number of amides is 1. The number of non-ortho nitro benzene ring substituents is 1. The molecule has 0 radical (unpaired) electrons. The van der Waals surface area contributed by atoms with E-state index in [9.17, 15) is 23.7 Å². The first kappa shape index (κ1) is 26.1. The Bertz CT molecular complexity index is 1820. The Hall–Kier alpha value is -5.19. The molecule has 0 fully saturated rings. The fourth-order valence-corrected chi connectivity index (χ4v) is 4.94. The van der Waals surface area contributed by atoms with Gasteiger partial charge in [-0.05, 0) is 55.5 Å². The van der Waals surface area contributed by atoms with Crippen molar-refractivity contribution in [3.8, 4) is 22.8 Å². The highest BCUT2D eigenvalue weighted by Crippen LogP contribution is 2.33. The molecule has 1 aliphatic rings. The number of rotatable bonds is 7. The minimum absolute atomic E-state index is 0.0732. The van der Waals surface area contributed by atoms with E-state index < -0.39 is 22.9 Å². The summed E-state index contributed by atoms with van der Waals surface area (Å²) in [5.74, 6) is -0.0387. The quantitative estimate of drug-likeness (QED) is 0.170. The Kier molecular flexibility index (Phi) is 6.62. The molecular formula is C30H23F2N5O4. The molecule has 0 saturated carbocycles. The van der Waals surface area contributed by atoms with E-state index in [0.29, 0.717) is 11.3 Å². The number of aromatic nitrogens is 3. The molecule has 0 aliphatic heterocycles. The number of benzene rings is 3. The number of halogens is 2. The predicted molar refractivity (Wildman–Crippen MR) is 148 cm³/mol. The molecule has 6 rings (SSSR count). The first-order valence-corrected chi connectivity index (χ1v) is 12.9. The van der Waals surface area contributed by atoms with Crippen molar-refractivity contribution >= 4 is 22.9 Å². The average molecular weight is 556 g/mol. The number of hydrogen-bond acceptors (Lipinski definition) is 6. The summed E-state index contributed by atoms with van der Waals surface area (Å²) in [6.07, 6.45) is 1.27. The van der Waals surface area contributed by atoms with Gasteiger partial charge in [-0.15, -0.1) is 0 Å². The molecule has 1 aliphatic carbocycles. The van der Waals surface area contributed by atoms with Gasteiger partial charge in [-0.1, -0.05) is 35.9 Å². The number of carbonyl (C=O) groups is 1. The highest BCUT2D eigenvalue weighted by molar-refractivity contribution is 6.08. The summed E-state index contributed by atoms with van der Waals surface area (Å²) >= 11 is 0. The molecule has 0 bridgehead atoms. The Balaban J connectivity index is 1.34. The molecule has 1 amide bonds. The van der Waals surface area contributed by atoms with Gasteiger partial charge in [-0.25, -0.2) is 18.3 Å². The Morgan fingerprint density at radius 3 is 2.56 bits per heavy atom. The molecular weight excluding hydrogens is 532 g/mol. The number of nitro groups is 1. The highest BCUT2D eigenvalue weighted by Gasteiger charge is 2.23. The van der Waals surface area contributed by atoms with Gasteiger partial charge < -0.3 is 10.1 Å². The van der Waals surface area contributed by atoms with Crippen molar-refractivity contribution in [1.29, 1.82) is 0 Å². The van der Waals surface area contributed by atoms with Crippen molar-refractivity contribution in [3.05, 3.63) is 111 Å². The molecule has 5 aromatic rings. The largest absolute Gasteiger partial charge is 0.457 e. The standard InChI is InChI=1S/C30H23F2N5O4/c1-17-5-7-19(8-6-17)26-15-27(28(31)32)36-29(35-26)25(16-33-36)30(38)34-21-12-22(37(39)40)14-24(13-21)41-23-10-9-18-3-2-4-20(18)11-23/h5-16,28H,2-4H2,1H3,(H,34,38). The number of aryl methyl sites for hydroxylation is 3. The predicted octanol–water partition coefficient (Wildman–Crippen LogP) is 7.08. The fourth-order valence-electron chi connectivity index (χ4n) is 4.94. The number of hydrogen-bond donors (Lipinski definition) is 1. The summed E-state index contributed by atoms with van der Waals surface area (Å²) in [5.41, 5.74) is 3.49. The molecule has 3 aromatic carbocycles. The average Bonchev–Trinajstić information content (AvgIpc) is 3.59. The third-order valence-corrected chi connectivity index (χ3v) is 6.98. The van der Waals surface area contributed by atoms with E-state index >= 15 is 0 Å². The van der Waals surface area contributed by atoms with Gasteiger partial charge in [0.2, 0.25) is 0 Å². The van der Waals surface area contributed by atoms with Crippen LogP contribution in [0.5, 0.6) is 11.5 Å². The van der Waals surface area contributed by atoms with E-state index in [1.165, 1.54) is 35.4 Å². The minimum atomic E-state index is -2.88. The van der Waals surface area contributed by atoms with Crippen molar-refractivity contribution in [3.63, 3.8) is 0 Å². The summed E-state index contributed by atoms with van der Waals surface area (Å²) in [5, 5.41) is 18.2. The molecule has 0 atom stereocenters. The first-order chi connectivity index (χ1) is 19.7. The van der Waals surface area contributed by atoms with Gasteiger partial charge in [-0.3, -0.25) is 14.9 Å². The van der Waals surface area contributed by atoms with Crippen LogP contribution in [-0.4, -0.2) is 25.4 Å². The lowest BCUT2D eigenvalue weighted by atomic mass is 10.1. The van der Waals surface area contributed by atoms with E-state index in [-0.39, 0.29) is 34.0 Å². The topological polar surface area (TPSA) is 112 Å². The monoisotopic (exact) mass is 555 g/mol. The van der Waals surface area contributed by atoms with E-state index in [0.717, 1.165) is 35.5 Å². The van der Waals surface area contributed by atoms with Crippen molar-refractivity contribution in [1.82, 2.24) is 14.6 Å². The highest BCUT2D eigenvalue weighted by atomic mass is 19.3. The summed E-state index contributed by atoms with van der Waals surface area (Å²) in [4.78, 5) is 28.8. The van der Waals surface area contributed by atoms with Gasteiger partial charge in [0.05, 0.1) is 28.6 Å². The molecule has 9 nitrogen and oxygen atoms in total. The Labute approximate surface area is 232 Å². The maximum absolute atomic E-state index is 14.0. The fraction of sp³-hybridized carbons (Fsp3) is 0.167. The lowest BCUT2D eigenvalue weighted by molar-refractivity contribution is -0.384. The SMILES string of the molecule is Cc1ccc(-c2cc(C(F)F)n3ncc(C(=O)Nc4cc(Oc5ccc6c(c5)CCC6)cc([N+](=O)[O-])c4)c3n2)cc1. The van der Waals surface area contributed by atoms with Crippen LogP contribution in [0.3, 0.4) is 0 Å². The third-order valence-electron chi connectivity index (χ3n) is 6.98. The Morgan fingerprint density at radius 1 is 1.02 bits per heavy atom. The van der Waals surface area contributed by atoms with E-state index in [1.807, 2.05) is 31.2 Å². The van der Waals surface area contributed by atoms with Gasteiger partial charge in [0.25, 0.3) is 18.0 Å². The van der Waals surface area contributed by atoms with Crippen LogP contribution in [0.25, 0.3) is 16.9 Å². The zero-order valence-electron chi connectivity index (χ0n) is 21.8. The van der Waals surface area contributed by atoms with Gasteiger partial charge in [0.1, 0.15) is 22.8 Å². The lowest BCUT2D eigenvalue weighted by Gasteiger charge is -2.11. The number of fused-ring (bicyclic) bond motifs is 2. The van der Waals surface area contributed by atoms with Gasteiger partial charge >= 0.3 is 0 Å². The molecule has 0 saturated heterocycles. The number of carbonyl (C=O) groups excluding carboxylic acids is 1. The summed E-state index contributed by atoms with van der Waals surface area (Å²) in [6, 6.07) is 18.0. The smallest absolute Gasteiger partial charge is 0.280 e. The number of nitrogens with one attached hydrogen (secondary N) is 1. The first-order valence-electron chi connectivity index (χ1n) is 12.9. The number of nitro benzene ring substituents is 1. The van der Waals surface area contributed by atoms with Crippen LogP contribution in [-0.2, 0) is 12.8 Å². The van der Waals surface area contributed by atoms with E-state index in [4.69, 9.17) is 4.74 Å². The van der Waals surface area contributed by atoms with Gasteiger partial charge in [0.15, 0.2) is 5.65 Å². The normalized spacial score (nSPS) is 12.5. The van der Waals surface area contributed by atoms with Crippen LogP contribution in [0.4, 0.5) is 20.2 Å².